The summed E-state index contributed by atoms with van der Waals surface area (Å²) >= 11 is 5.83. The number of rotatable bonds is 4. The molecule has 0 aromatic heterocycles. The third-order valence-corrected chi connectivity index (χ3v) is 3.46. The molecule has 0 bridgehead atoms. The van der Waals surface area contributed by atoms with E-state index < -0.39 is 30.1 Å². The monoisotopic (exact) mass is 376 g/mol. The van der Waals surface area contributed by atoms with Crippen molar-refractivity contribution in [3.05, 3.63) is 58.4 Å². The first-order valence-electron chi connectivity index (χ1n) is 6.94. The Labute approximate surface area is 145 Å². The normalized spacial score (nSPS) is 11.1. The number of halogens is 5. The van der Waals surface area contributed by atoms with Gasteiger partial charge in [-0.1, -0.05) is 11.6 Å². The summed E-state index contributed by atoms with van der Waals surface area (Å²) in [4.78, 5) is 11.9. The number of carbonyl (C=O) groups is 1. The predicted octanol–water partition coefficient (Wildman–Crippen LogP) is 4.83. The van der Waals surface area contributed by atoms with E-state index in [1.807, 2.05) is 0 Å². The molecule has 2 N–H and O–H groups in total. The Morgan fingerprint density at radius 1 is 1.20 bits per heavy atom. The van der Waals surface area contributed by atoms with Crippen LogP contribution in [0.2, 0.25) is 5.02 Å². The standard InChI is InChI=1S/C16H13ClF4N2O2/c1-25-14-5-3-11(17)7-13(14)23-15(24)22-8-9-6-10(16(19,20)21)2-4-12(9)18/h2-7H,8H2,1H3,(H2,22,23,24). The van der Waals surface area contributed by atoms with Crippen LogP contribution in [0.3, 0.4) is 0 Å². The first kappa shape index (κ1) is 18.9. The Morgan fingerprint density at radius 3 is 2.56 bits per heavy atom. The molecule has 0 radical (unpaired) electrons. The van der Waals surface area contributed by atoms with Crippen molar-refractivity contribution in [3.63, 3.8) is 0 Å². The Kier molecular flexibility index (Phi) is 5.73. The first-order chi connectivity index (χ1) is 11.7. The van der Waals surface area contributed by atoms with E-state index in [-0.39, 0.29) is 11.3 Å². The van der Waals surface area contributed by atoms with E-state index in [1.165, 1.54) is 19.2 Å². The van der Waals surface area contributed by atoms with Crippen molar-refractivity contribution >= 4 is 23.3 Å². The van der Waals surface area contributed by atoms with Crippen LogP contribution in [0.5, 0.6) is 5.75 Å². The third-order valence-electron chi connectivity index (χ3n) is 3.22. The summed E-state index contributed by atoms with van der Waals surface area (Å²) < 4.78 is 56.7. The van der Waals surface area contributed by atoms with Crippen molar-refractivity contribution in [2.75, 3.05) is 12.4 Å². The van der Waals surface area contributed by atoms with Crippen LogP contribution in [0.25, 0.3) is 0 Å². The number of amides is 2. The van der Waals surface area contributed by atoms with E-state index >= 15 is 0 Å². The molecule has 2 aromatic rings. The van der Waals surface area contributed by atoms with Gasteiger partial charge in [0.05, 0.1) is 18.4 Å². The quantitative estimate of drug-likeness (QED) is 0.751. The number of hydrogen-bond acceptors (Lipinski definition) is 2. The van der Waals surface area contributed by atoms with Crippen molar-refractivity contribution in [2.45, 2.75) is 12.7 Å². The SMILES string of the molecule is COc1ccc(Cl)cc1NC(=O)NCc1cc(C(F)(F)F)ccc1F. The van der Waals surface area contributed by atoms with Crippen LogP contribution in [0.4, 0.5) is 28.0 Å². The second kappa shape index (κ2) is 7.60. The largest absolute Gasteiger partial charge is 0.495 e. The summed E-state index contributed by atoms with van der Waals surface area (Å²) in [6.45, 7) is -0.426. The average Bonchev–Trinajstić information content (AvgIpc) is 2.53. The highest BCUT2D eigenvalue weighted by Gasteiger charge is 2.31. The lowest BCUT2D eigenvalue weighted by molar-refractivity contribution is -0.137. The fourth-order valence-corrected chi connectivity index (χ4v) is 2.18. The van der Waals surface area contributed by atoms with Crippen molar-refractivity contribution < 1.29 is 27.1 Å². The number of ether oxygens (including phenoxy) is 1. The van der Waals surface area contributed by atoms with Gasteiger partial charge in [0.15, 0.2) is 0 Å². The van der Waals surface area contributed by atoms with Crippen molar-refractivity contribution in [2.24, 2.45) is 0 Å². The van der Waals surface area contributed by atoms with Crippen LogP contribution < -0.4 is 15.4 Å². The molecule has 0 aliphatic carbocycles. The number of anilines is 1. The lowest BCUT2D eigenvalue weighted by Gasteiger charge is -2.13. The molecule has 0 saturated heterocycles. The number of urea groups is 1. The Balaban J connectivity index is 2.07. The van der Waals surface area contributed by atoms with Gasteiger partial charge >= 0.3 is 12.2 Å². The van der Waals surface area contributed by atoms with Gasteiger partial charge in [-0.25, -0.2) is 9.18 Å². The third kappa shape index (κ3) is 4.99. The highest BCUT2D eigenvalue weighted by Crippen LogP contribution is 2.30. The number of nitrogens with one attached hydrogen (secondary N) is 2. The maximum atomic E-state index is 13.6. The zero-order chi connectivity index (χ0) is 18.6. The number of hydrogen-bond donors (Lipinski definition) is 2. The summed E-state index contributed by atoms with van der Waals surface area (Å²) in [6, 6.07) is 5.76. The Morgan fingerprint density at radius 2 is 1.92 bits per heavy atom. The van der Waals surface area contributed by atoms with Crippen LogP contribution in [0, 0.1) is 5.82 Å². The van der Waals surface area contributed by atoms with Crippen molar-refractivity contribution in [1.82, 2.24) is 5.32 Å². The zero-order valence-corrected chi connectivity index (χ0v) is 13.6. The Hall–Kier alpha value is -2.48. The number of methoxy groups -OCH3 is 1. The summed E-state index contributed by atoms with van der Waals surface area (Å²) in [5.41, 5.74) is -1.03. The highest BCUT2D eigenvalue weighted by atomic mass is 35.5. The van der Waals surface area contributed by atoms with Gasteiger partial charge in [-0.05, 0) is 36.4 Å². The molecule has 2 amide bonds. The minimum atomic E-state index is -4.60. The summed E-state index contributed by atoms with van der Waals surface area (Å²) in [7, 11) is 1.39. The zero-order valence-electron chi connectivity index (χ0n) is 12.9. The minimum Gasteiger partial charge on any atom is -0.495 e. The van der Waals surface area contributed by atoms with Gasteiger partial charge < -0.3 is 15.4 Å². The van der Waals surface area contributed by atoms with E-state index in [9.17, 15) is 22.4 Å². The fraction of sp³-hybridized carbons (Fsp3) is 0.188. The first-order valence-corrected chi connectivity index (χ1v) is 7.32. The molecule has 4 nitrogen and oxygen atoms in total. The molecule has 0 aliphatic rings. The molecule has 25 heavy (non-hydrogen) atoms. The van der Waals surface area contributed by atoms with Gasteiger partial charge in [-0.2, -0.15) is 13.2 Å². The van der Waals surface area contributed by atoms with Gasteiger partial charge in [0.2, 0.25) is 0 Å². The second-order valence-corrected chi connectivity index (χ2v) is 5.39. The van der Waals surface area contributed by atoms with Crippen LogP contribution in [-0.4, -0.2) is 13.1 Å². The molecule has 0 atom stereocenters. The maximum absolute atomic E-state index is 13.6. The summed E-state index contributed by atoms with van der Waals surface area (Å²) in [5, 5.41) is 5.06. The van der Waals surface area contributed by atoms with E-state index in [2.05, 4.69) is 10.6 Å². The molecule has 2 rings (SSSR count). The smallest absolute Gasteiger partial charge is 0.416 e. The fourth-order valence-electron chi connectivity index (χ4n) is 2.01. The van der Waals surface area contributed by atoms with Crippen LogP contribution in [0.15, 0.2) is 36.4 Å². The molecule has 0 spiro atoms. The van der Waals surface area contributed by atoms with Gasteiger partial charge in [0.25, 0.3) is 0 Å². The molecule has 9 heteroatoms. The van der Waals surface area contributed by atoms with E-state index in [0.717, 1.165) is 0 Å². The van der Waals surface area contributed by atoms with Crippen molar-refractivity contribution in [3.8, 4) is 5.75 Å². The molecule has 134 valence electrons. The average molecular weight is 377 g/mol. The van der Waals surface area contributed by atoms with E-state index in [4.69, 9.17) is 16.3 Å². The number of carbonyl (C=O) groups excluding carboxylic acids is 1. The van der Waals surface area contributed by atoms with E-state index in [1.54, 1.807) is 6.07 Å². The lowest BCUT2D eigenvalue weighted by atomic mass is 10.1. The van der Waals surface area contributed by atoms with Gasteiger partial charge in [-0.3, -0.25) is 0 Å². The molecular formula is C16H13ClF4N2O2. The van der Waals surface area contributed by atoms with Gasteiger partial charge in [-0.15, -0.1) is 0 Å². The highest BCUT2D eigenvalue weighted by molar-refractivity contribution is 6.31. The molecule has 0 heterocycles. The topological polar surface area (TPSA) is 50.4 Å². The summed E-state index contributed by atoms with van der Waals surface area (Å²) in [6.07, 6.45) is -4.60. The molecule has 0 fully saturated rings. The maximum Gasteiger partial charge on any atom is 0.416 e. The lowest BCUT2D eigenvalue weighted by Crippen LogP contribution is -2.28. The molecule has 2 aromatic carbocycles. The summed E-state index contributed by atoms with van der Waals surface area (Å²) in [5.74, 6) is -0.515. The van der Waals surface area contributed by atoms with Gasteiger partial charge in [0.1, 0.15) is 11.6 Å². The minimum absolute atomic E-state index is 0.261. The van der Waals surface area contributed by atoms with Crippen molar-refractivity contribution in [1.29, 1.82) is 0 Å². The predicted molar refractivity (Wildman–Crippen MR) is 85.3 cm³/mol. The molecule has 0 aliphatic heterocycles. The van der Waals surface area contributed by atoms with E-state index in [0.29, 0.717) is 29.0 Å². The number of alkyl halides is 3. The molecule has 0 saturated carbocycles. The van der Waals surface area contributed by atoms with Crippen LogP contribution >= 0.6 is 11.6 Å². The molecule has 0 unspecified atom stereocenters. The molecular weight excluding hydrogens is 364 g/mol. The van der Waals surface area contributed by atoms with Crippen LogP contribution in [-0.2, 0) is 12.7 Å². The van der Waals surface area contributed by atoms with Crippen LogP contribution in [0.1, 0.15) is 11.1 Å². The van der Waals surface area contributed by atoms with Gasteiger partial charge in [0, 0.05) is 17.1 Å². The number of benzene rings is 2. The second-order valence-electron chi connectivity index (χ2n) is 4.96. The Bertz CT molecular complexity index is 781.